The maximum absolute atomic E-state index is 13.8. The fraction of sp³-hybridized carbons (Fsp3) is 0.370. The van der Waals surface area contributed by atoms with Crippen molar-refractivity contribution in [1.29, 1.82) is 0 Å². The predicted octanol–water partition coefficient (Wildman–Crippen LogP) is 2.50. The molecule has 1 atom stereocenters. The van der Waals surface area contributed by atoms with Crippen molar-refractivity contribution in [3.8, 4) is 0 Å². The third-order valence-corrected chi connectivity index (χ3v) is 6.60. The molecule has 4 aromatic rings. The number of aromatic nitrogens is 3. The first kappa shape index (κ1) is 24.0. The number of amides is 1. The molecule has 0 spiro atoms. The van der Waals surface area contributed by atoms with Crippen molar-refractivity contribution >= 4 is 27.6 Å². The number of hydrogen-bond donors (Lipinski definition) is 1. The Morgan fingerprint density at radius 2 is 1.86 bits per heavy atom. The summed E-state index contributed by atoms with van der Waals surface area (Å²) in [5.41, 5.74) is -0.654. The Labute approximate surface area is 207 Å². The maximum atomic E-state index is 13.8. The number of hydroxylamine groups is 2. The van der Waals surface area contributed by atoms with Crippen molar-refractivity contribution in [2.75, 3.05) is 13.2 Å². The standard InChI is InChI=1S/C27H30N4O5/c1-17(2)12-30-21-14-29(13-19-10-7-9-18-8-5-6-11-20(18)19)23(22(21)24(32)28(4)26(30)34)25(33)31-15-27(3,35)16-36-31/h5-11,14,17,35H,12-13,15-16H2,1-4H3/t27-/m0/s1. The number of carbonyl (C=O) groups excluding carboxylic acids is 1. The largest absolute Gasteiger partial charge is 0.386 e. The normalized spacial score (nSPS) is 18.1. The smallest absolute Gasteiger partial charge is 0.331 e. The average Bonchev–Trinajstić information content (AvgIpc) is 3.40. The number of carbonyl (C=O) groups is 1. The van der Waals surface area contributed by atoms with Crippen LogP contribution in [-0.2, 0) is 25.0 Å². The molecule has 2 aromatic carbocycles. The first-order chi connectivity index (χ1) is 17.1. The molecule has 1 aliphatic heterocycles. The average molecular weight is 491 g/mol. The van der Waals surface area contributed by atoms with E-state index in [1.54, 1.807) is 22.3 Å². The summed E-state index contributed by atoms with van der Waals surface area (Å²) in [5, 5.41) is 13.7. The monoisotopic (exact) mass is 490 g/mol. The van der Waals surface area contributed by atoms with Gasteiger partial charge in [0.15, 0.2) is 0 Å². The van der Waals surface area contributed by atoms with Gasteiger partial charge in [-0.15, -0.1) is 0 Å². The second kappa shape index (κ2) is 8.76. The molecule has 0 aliphatic carbocycles. The zero-order valence-electron chi connectivity index (χ0n) is 20.9. The molecule has 3 heterocycles. The minimum atomic E-state index is -1.19. The summed E-state index contributed by atoms with van der Waals surface area (Å²) < 4.78 is 4.33. The van der Waals surface area contributed by atoms with Gasteiger partial charge in [0, 0.05) is 26.3 Å². The SMILES string of the molecule is CC(C)Cn1c(=O)n(C)c(=O)c2c(C(=O)N3C[C@](C)(O)CO3)n(Cc3cccc4ccccc34)cc21. The van der Waals surface area contributed by atoms with E-state index in [0.717, 1.165) is 26.0 Å². The molecule has 0 saturated carbocycles. The molecule has 9 nitrogen and oxygen atoms in total. The Morgan fingerprint density at radius 1 is 1.14 bits per heavy atom. The summed E-state index contributed by atoms with van der Waals surface area (Å²) in [7, 11) is 1.42. The minimum absolute atomic E-state index is 0.0290. The van der Waals surface area contributed by atoms with E-state index in [1.165, 1.54) is 7.05 Å². The van der Waals surface area contributed by atoms with Crippen molar-refractivity contribution in [3.05, 3.63) is 80.8 Å². The van der Waals surface area contributed by atoms with Crippen LogP contribution >= 0.6 is 0 Å². The zero-order valence-corrected chi connectivity index (χ0v) is 20.9. The lowest BCUT2D eigenvalue weighted by Crippen LogP contribution is -2.40. The van der Waals surface area contributed by atoms with Crippen LogP contribution in [0.4, 0.5) is 0 Å². The van der Waals surface area contributed by atoms with Gasteiger partial charge in [-0.05, 0) is 29.2 Å². The van der Waals surface area contributed by atoms with E-state index in [1.807, 2.05) is 56.3 Å². The second-order valence-electron chi connectivity index (χ2n) is 10.3. The van der Waals surface area contributed by atoms with Crippen molar-refractivity contribution in [1.82, 2.24) is 18.8 Å². The maximum Gasteiger partial charge on any atom is 0.331 e. The Bertz CT molecular complexity index is 1600. The summed E-state index contributed by atoms with van der Waals surface area (Å²) in [6.45, 7) is 6.21. The molecule has 9 heteroatoms. The van der Waals surface area contributed by atoms with Crippen LogP contribution in [0.2, 0.25) is 0 Å². The van der Waals surface area contributed by atoms with Gasteiger partial charge in [0.05, 0.1) is 17.4 Å². The van der Waals surface area contributed by atoms with Gasteiger partial charge in [-0.3, -0.25) is 23.6 Å². The van der Waals surface area contributed by atoms with Crippen LogP contribution in [0.15, 0.2) is 58.3 Å². The van der Waals surface area contributed by atoms with Crippen molar-refractivity contribution in [2.24, 2.45) is 13.0 Å². The minimum Gasteiger partial charge on any atom is -0.386 e. The zero-order chi connectivity index (χ0) is 25.8. The first-order valence-electron chi connectivity index (χ1n) is 12.0. The molecule has 1 N–H and O–H groups in total. The van der Waals surface area contributed by atoms with Gasteiger partial charge in [0.25, 0.3) is 11.5 Å². The number of nitrogens with zero attached hydrogens (tertiary/aromatic N) is 4. The highest BCUT2D eigenvalue weighted by Crippen LogP contribution is 2.27. The summed E-state index contributed by atoms with van der Waals surface area (Å²) >= 11 is 0. The van der Waals surface area contributed by atoms with E-state index < -0.39 is 22.8 Å². The molecule has 0 bridgehead atoms. The van der Waals surface area contributed by atoms with E-state index in [-0.39, 0.29) is 30.1 Å². The molecule has 1 amide bonds. The fourth-order valence-corrected chi connectivity index (χ4v) is 4.87. The van der Waals surface area contributed by atoms with E-state index in [4.69, 9.17) is 4.84 Å². The Hall–Kier alpha value is -3.69. The molecule has 0 radical (unpaired) electrons. The van der Waals surface area contributed by atoms with Gasteiger partial charge in [0.1, 0.15) is 17.9 Å². The van der Waals surface area contributed by atoms with Crippen molar-refractivity contribution in [2.45, 2.75) is 39.5 Å². The van der Waals surface area contributed by atoms with Crippen molar-refractivity contribution in [3.63, 3.8) is 0 Å². The molecular formula is C27H30N4O5. The highest BCUT2D eigenvalue weighted by Gasteiger charge is 2.38. The number of fused-ring (bicyclic) bond motifs is 2. The molecule has 36 heavy (non-hydrogen) atoms. The van der Waals surface area contributed by atoms with Gasteiger partial charge in [-0.1, -0.05) is 56.3 Å². The van der Waals surface area contributed by atoms with E-state index in [2.05, 4.69) is 0 Å². The van der Waals surface area contributed by atoms with E-state index >= 15 is 0 Å². The molecule has 1 fully saturated rings. The molecule has 1 saturated heterocycles. The predicted molar refractivity (Wildman–Crippen MR) is 137 cm³/mol. The highest BCUT2D eigenvalue weighted by atomic mass is 16.7. The van der Waals surface area contributed by atoms with Crippen LogP contribution in [0.5, 0.6) is 0 Å². The lowest BCUT2D eigenvalue weighted by molar-refractivity contribution is -0.0801. The molecule has 5 rings (SSSR count). The molecule has 188 valence electrons. The van der Waals surface area contributed by atoms with Gasteiger partial charge < -0.3 is 9.67 Å². The first-order valence-corrected chi connectivity index (χ1v) is 12.0. The van der Waals surface area contributed by atoms with Crippen LogP contribution < -0.4 is 11.2 Å². The number of β-amino-alcohol motifs (C(OH)–C–C–N with tert-alkyl or cyclic N) is 1. The Kier molecular flexibility index (Phi) is 5.84. The number of rotatable bonds is 5. The van der Waals surface area contributed by atoms with E-state index in [9.17, 15) is 19.5 Å². The number of hydrogen-bond acceptors (Lipinski definition) is 5. The van der Waals surface area contributed by atoms with Crippen LogP contribution in [0.3, 0.4) is 0 Å². The summed E-state index contributed by atoms with van der Waals surface area (Å²) in [6, 6.07) is 13.9. The quantitative estimate of drug-likeness (QED) is 0.464. The second-order valence-corrected chi connectivity index (χ2v) is 10.3. The van der Waals surface area contributed by atoms with E-state index in [0.29, 0.717) is 18.6 Å². The van der Waals surface area contributed by atoms with Gasteiger partial charge in [-0.2, -0.15) is 0 Å². The summed E-state index contributed by atoms with van der Waals surface area (Å²) in [5.74, 6) is -0.393. The summed E-state index contributed by atoms with van der Waals surface area (Å²) in [4.78, 5) is 45.8. The van der Waals surface area contributed by atoms with Crippen LogP contribution in [0.25, 0.3) is 21.7 Å². The van der Waals surface area contributed by atoms with Crippen LogP contribution in [0.1, 0.15) is 36.8 Å². The number of aliphatic hydroxyl groups is 1. The third kappa shape index (κ3) is 4.04. The summed E-state index contributed by atoms with van der Waals surface area (Å²) in [6.07, 6.45) is 1.71. The lowest BCUT2D eigenvalue weighted by atomic mass is 10.0. The Morgan fingerprint density at radius 3 is 2.56 bits per heavy atom. The molecule has 0 unspecified atom stereocenters. The van der Waals surface area contributed by atoms with Gasteiger partial charge in [0.2, 0.25) is 0 Å². The lowest BCUT2D eigenvalue weighted by Gasteiger charge is -2.18. The van der Waals surface area contributed by atoms with Gasteiger partial charge in [-0.25, -0.2) is 9.86 Å². The van der Waals surface area contributed by atoms with Crippen LogP contribution in [-0.4, -0.2) is 48.5 Å². The molecule has 2 aromatic heterocycles. The topological polar surface area (TPSA) is 98.7 Å². The fourth-order valence-electron chi connectivity index (χ4n) is 4.87. The van der Waals surface area contributed by atoms with Gasteiger partial charge >= 0.3 is 5.69 Å². The Balaban J connectivity index is 1.77. The van der Waals surface area contributed by atoms with Crippen molar-refractivity contribution < 1.29 is 14.7 Å². The van der Waals surface area contributed by atoms with Crippen LogP contribution in [0, 0.1) is 5.92 Å². The molecular weight excluding hydrogens is 460 g/mol. The molecule has 1 aliphatic rings. The highest BCUT2D eigenvalue weighted by molar-refractivity contribution is 6.05. The number of benzene rings is 2. The third-order valence-electron chi connectivity index (χ3n) is 6.60.